The van der Waals surface area contributed by atoms with Crippen LogP contribution in [0.25, 0.3) is 0 Å². The Bertz CT molecular complexity index is 810. The summed E-state index contributed by atoms with van der Waals surface area (Å²) >= 11 is 0. The molecule has 0 saturated heterocycles. The first kappa shape index (κ1) is 28.3. The highest BCUT2D eigenvalue weighted by molar-refractivity contribution is 6.74. The number of aliphatic carboxylic acids is 1. The van der Waals surface area contributed by atoms with Gasteiger partial charge in [0.15, 0.2) is 8.32 Å². The van der Waals surface area contributed by atoms with E-state index in [2.05, 4.69) is 46.0 Å². The van der Waals surface area contributed by atoms with Gasteiger partial charge in [0.25, 0.3) is 0 Å². The normalized spacial score (nSPS) is 19.9. The molecular weight excluding hydrogens is 444 g/mol. The number of para-hydroxylation sites is 1. The molecule has 190 valence electrons. The van der Waals surface area contributed by atoms with Gasteiger partial charge in [0, 0.05) is 12.3 Å². The number of hydrogen-bond acceptors (Lipinski definition) is 4. The highest BCUT2D eigenvalue weighted by atomic mass is 28.4. The molecule has 2 N–H and O–H groups in total. The molecule has 5 nitrogen and oxygen atoms in total. The van der Waals surface area contributed by atoms with Gasteiger partial charge in [0.05, 0.1) is 12.2 Å². The lowest BCUT2D eigenvalue weighted by Gasteiger charge is -2.39. The molecular formula is C28H44O5Si. The summed E-state index contributed by atoms with van der Waals surface area (Å²) in [6, 6.07) is 9.87. The van der Waals surface area contributed by atoms with E-state index in [1.165, 1.54) is 5.57 Å². The van der Waals surface area contributed by atoms with Crippen LogP contribution in [0.15, 0.2) is 54.1 Å². The molecule has 0 saturated carbocycles. The first-order chi connectivity index (χ1) is 16.0. The van der Waals surface area contributed by atoms with E-state index in [0.29, 0.717) is 19.4 Å². The maximum Gasteiger partial charge on any atom is 0.303 e. The van der Waals surface area contributed by atoms with Gasteiger partial charge in [-0.05, 0) is 68.8 Å². The minimum atomic E-state index is -1.96. The van der Waals surface area contributed by atoms with Crippen LogP contribution < -0.4 is 4.74 Å². The number of benzene rings is 1. The van der Waals surface area contributed by atoms with Crippen molar-refractivity contribution in [3.8, 4) is 5.75 Å². The zero-order chi connectivity index (χ0) is 25.2. The van der Waals surface area contributed by atoms with Crippen LogP contribution in [-0.2, 0) is 9.22 Å². The van der Waals surface area contributed by atoms with Crippen molar-refractivity contribution in [2.24, 2.45) is 5.92 Å². The Labute approximate surface area is 207 Å². The number of allylic oxidation sites excluding steroid dienone is 2. The highest BCUT2D eigenvalue weighted by Gasteiger charge is 2.39. The molecule has 0 heterocycles. The lowest BCUT2D eigenvalue weighted by atomic mass is 9.91. The monoisotopic (exact) mass is 488 g/mol. The van der Waals surface area contributed by atoms with Gasteiger partial charge in [-0.3, -0.25) is 4.79 Å². The number of carboxylic acid groups (broad SMARTS) is 1. The summed E-state index contributed by atoms with van der Waals surface area (Å²) < 4.78 is 12.8. The van der Waals surface area contributed by atoms with Crippen LogP contribution in [0.5, 0.6) is 5.75 Å². The molecule has 3 atom stereocenters. The van der Waals surface area contributed by atoms with E-state index in [0.717, 1.165) is 31.4 Å². The number of hydrogen-bond donors (Lipinski definition) is 2. The van der Waals surface area contributed by atoms with Crippen molar-refractivity contribution in [3.63, 3.8) is 0 Å². The molecule has 1 aromatic rings. The van der Waals surface area contributed by atoms with Gasteiger partial charge in [-0.2, -0.15) is 0 Å². The van der Waals surface area contributed by atoms with Crippen LogP contribution >= 0.6 is 0 Å². The molecule has 2 rings (SSSR count). The maximum absolute atomic E-state index is 10.6. The minimum Gasteiger partial charge on any atom is -0.491 e. The molecule has 0 aliphatic heterocycles. The molecule has 0 radical (unpaired) electrons. The fourth-order valence-corrected chi connectivity index (χ4v) is 5.34. The number of unbranched alkanes of at least 4 members (excludes halogenated alkanes) is 1. The Kier molecular flexibility index (Phi) is 11.1. The van der Waals surface area contributed by atoms with E-state index in [-0.39, 0.29) is 29.6 Å². The highest BCUT2D eigenvalue weighted by Crippen LogP contribution is 2.39. The minimum absolute atomic E-state index is 0.00745. The Morgan fingerprint density at radius 3 is 2.56 bits per heavy atom. The average Bonchev–Trinajstić information content (AvgIpc) is 3.11. The van der Waals surface area contributed by atoms with Crippen molar-refractivity contribution in [2.75, 3.05) is 6.61 Å². The number of carbonyl (C=O) groups is 1. The molecule has 0 amide bonds. The molecule has 6 heteroatoms. The summed E-state index contributed by atoms with van der Waals surface area (Å²) in [4.78, 5) is 10.6. The van der Waals surface area contributed by atoms with Crippen LogP contribution in [0.1, 0.15) is 65.7 Å². The van der Waals surface area contributed by atoms with E-state index >= 15 is 0 Å². The molecule has 0 fully saturated rings. The summed E-state index contributed by atoms with van der Waals surface area (Å²) in [5.41, 5.74) is 1.30. The Morgan fingerprint density at radius 2 is 1.91 bits per heavy atom. The SMILES string of the molecule is CC(C)(C)[Si](C)(C)O[C@H](CCC1=CC[C@H](O)[C@@H]1CC=CCCCC(=O)O)COc1ccccc1. The molecule has 1 aromatic carbocycles. The fourth-order valence-electron chi connectivity index (χ4n) is 3.97. The van der Waals surface area contributed by atoms with Gasteiger partial charge in [-0.1, -0.05) is 62.8 Å². The van der Waals surface area contributed by atoms with Gasteiger partial charge in [-0.25, -0.2) is 0 Å². The van der Waals surface area contributed by atoms with E-state index < -0.39 is 14.3 Å². The summed E-state index contributed by atoms with van der Waals surface area (Å²) in [5, 5.41) is 19.4. The van der Waals surface area contributed by atoms with Gasteiger partial charge < -0.3 is 19.4 Å². The second-order valence-electron chi connectivity index (χ2n) is 10.8. The van der Waals surface area contributed by atoms with Crippen LogP contribution in [0.3, 0.4) is 0 Å². The molecule has 34 heavy (non-hydrogen) atoms. The lowest BCUT2D eigenvalue weighted by molar-refractivity contribution is -0.137. The van der Waals surface area contributed by atoms with Crippen molar-refractivity contribution in [2.45, 2.75) is 96.1 Å². The second-order valence-corrected chi connectivity index (χ2v) is 15.6. The van der Waals surface area contributed by atoms with Crippen LogP contribution in [-0.4, -0.2) is 43.3 Å². The Hall–Kier alpha value is -1.89. The molecule has 0 unspecified atom stereocenters. The number of aliphatic hydroxyl groups excluding tert-OH is 1. The van der Waals surface area contributed by atoms with Crippen LogP contribution in [0, 0.1) is 5.92 Å². The van der Waals surface area contributed by atoms with Crippen molar-refractivity contribution in [1.29, 1.82) is 0 Å². The number of carboxylic acids is 1. The van der Waals surface area contributed by atoms with E-state index in [1.807, 2.05) is 36.4 Å². The van der Waals surface area contributed by atoms with E-state index in [4.69, 9.17) is 14.3 Å². The summed E-state index contributed by atoms with van der Waals surface area (Å²) in [7, 11) is -1.96. The standard InChI is InChI=1S/C28H44O5Si/c1-28(2,3)34(4,5)33-24(21-32-23-13-9-8-10-14-23)19-17-22-18-20-26(29)25(22)15-11-6-7-12-16-27(30)31/h6,8-11,13-14,18,24-26,29H,7,12,15-17,19-21H2,1-5H3,(H,30,31)/t24-,25-,26+/m1/s1. The molecule has 1 aliphatic rings. The lowest BCUT2D eigenvalue weighted by Crippen LogP contribution is -2.45. The van der Waals surface area contributed by atoms with E-state index in [9.17, 15) is 9.90 Å². The van der Waals surface area contributed by atoms with Gasteiger partial charge in [-0.15, -0.1) is 0 Å². The number of aliphatic hydroxyl groups is 1. The zero-order valence-electron chi connectivity index (χ0n) is 21.6. The zero-order valence-corrected chi connectivity index (χ0v) is 22.6. The largest absolute Gasteiger partial charge is 0.491 e. The third-order valence-corrected chi connectivity index (χ3v) is 11.6. The van der Waals surface area contributed by atoms with Crippen molar-refractivity contribution in [3.05, 3.63) is 54.1 Å². The predicted molar refractivity (Wildman–Crippen MR) is 141 cm³/mol. The first-order valence-electron chi connectivity index (χ1n) is 12.6. The average molecular weight is 489 g/mol. The topological polar surface area (TPSA) is 76.0 Å². The predicted octanol–water partition coefficient (Wildman–Crippen LogP) is 6.74. The quantitative estimate of drug-likeness (QED) is 0.172. The van der Waals surface area contributed by atoms with Crippen molar-refractivity contribution in [1.82, 2.24) is 0 Å². The molecule has 0 aromatic heterocycles. The Balaban J connectivity index is 1.96. The summed E-state index contributed by atoms with van der Waals surface area (Å²) in [6.45, 7) is 11.8. The third kappa shape index (κ3) is 9.39. The van der Waals surface area contributed by atoms with E-state index in [1.54, 1.807) is 0 Å². The van der Waals surface area contributed by atoms with Crippen molar-refractivity contribution >= 4 is 14.3 Å². The van der Waals surface area contributed by atoms with Crippen molar-refractivity contribution < 1.29 is 24.2 Å². The summed E-state index contributed by atoms with van der Waals surface area (Å²) in [5.74, 6) is 0.225. The summed E-state index contributed by atoms with van der Waals surface area (Å²) in [6.07, 6.45) is 10.8. The van der Waals surface area contributed by atoms with Gasteiger partial charge in [0.2, 0.25) is 0 Å². The molecule has 0 bridgehead atoms. The van der Waals surface area contributed by atoms with Gasteiger partial charge >= 0.3 is 5.97 Å². The third-order valence-electron chi connectivity index (χ3n) is 7.08. The van der Waals surface area contributed by atoms with Gasteiger partial charge in [0.1, 0.15) is 12.4 Å². The fraction of sp³-hybridized carbons (Fsp3) is 0.607. The second kappa shape index (κ2) is 13.3. The maximum atomic E-state index is 10.6. The Morgan fingerprint density at radius 1 is 1.21 bits per heavy atom. The van der Waals surface area contributed by atoms with Crippen LogP contribution in [0.2, 0.25) is 18.1 Å². The first-order valence-corrected chi connectivity index (χ1v) is 15.5. The number of rotatable bonds is 14. The molecule has 0 spiro atoms. The molecule has 1 aliphatic carbocycles. The number of ether oxygens (including phenoxy) is 1. The smallest absolute Gasteiger partial charge is 0.303 e. The van der Waals surface area contributed by atoms with Crippen LogP contribution in [0.4, 0.5) is 0 Å².